The van der Waals surface area contributed by atoms with E-state index < -0.39 is 0 Å². The Labute approximate surface area is 116 Å². The van der Waals surface area contributed by atoms with E-state index in [1.807, 2.05) is 18.2 Å². The third kappa shape index (κ3) is 4.82. The average molecular weight is 316 g/mol. The maximum absolute atomic E-state index is 10.9. The Balaban J connectivity index is 2.54. The molecule has 1 aromatic carbocycles. The normalized spacial score (nSPS) is 10.8. The van der Waals surface area contributed by atoms with E-state index in [0.29, 0.717) is 0 Å². The van der Waals surface area contributed by atoms with Crippen LogP contribution in [0.5, 0.6) is 0 Å². The number of nitrogens with zero attached hydrogens (tertiary/aromatic N) is 1. The van der Waals surface area contributed by atoms with Gasteiger partial charge in [-0.15, -0.1) is 11.8 Å². The Morgan fingerprint density at radius 1 is 1.35 bits per heavy atom. The fraction of sp³-hybridized carbons (Fsp3) is 0.462. The van der Waals surface area contributed by atoms with Crippen LogP contribution in [0.1, 0.15) is 24.2 Å². The smallest absolute Gasteiger partial charge is 0.151 e. The minimum absolute atomic E-state index is 0.768. The minimum Gasteiger partial charge on any atom is -0.303 e. The Kier molecular flexibility index (Phi) is 6.85. The van der Waals surface area contributed by atoms with Gasteiger partial charge in [0.1, 0.15) is 0 Å². The topological polar surface area (TPSA) is 20.3 Å². The molecule has 0 saturated heterocycles. The Hall–Kier alpha value is -0.320. The molecule has 1 rings (SSSR count). The Bertz CT molecular complexity index is 366. The molecule has 0 amide bonds. The molecule has 0 fully saturated rings. The first-order valence-corrected chi connectivity index (χ1v) is 7.59. The summed E-state index contributed by atoms with van der Waals surface area (Å²) in [6.45, 7) is 7.57. The third-order valence-corrected chi connectivity index (χ3v) is 4.22. The van der Waals surface area contributed by atoms with Gasteiger partial charge in [0.25, 0.3) is 0 Å². The van der Waals surface area contributed by atoms with E-state index in [1.54, 1.807) is 11.8 Å². The van der Waals surface area contributed by atoms with E-state index in [-0.39, 0.29) is 0 Å². The number of benzene rings is 1. The van der Waals surface area contributed by atoms with Gasteiger partial charge >= 0.3 is 0 Å². The van der Waals surface area contributed by atoms with Crippen LogP contribution in [0.3, 0.4) is 0 Å². The first kappa shape index (κ1) is 14.7. The summed E-state index contributed by atoms with van der Waals surface area (Å²) in [4.78, 5) is 14.4. The highest BCUT2D eigenvalue weighted by Crippen LogP contribution is 2.24. The van der Waals surface area contributed by atoms with Gasteiger partial charge in [0, 0.05) is 27.2 Å². The molecule has 0 bridgehead atoms. The lowest BCUT2D eigenvalue weighted by Crippen LogP contribution is -2.25. The molecule has 0 unspecified atom stereocenters. The summed E-state index contributed by atoms with van der Waals surface area (Å²) in [5.41, 5.74) is 0.768. The predicted molar refractivity (Wildman–Crippen MR) is 78.0 cm³/mol. The summed E-state index contributed by atoms with van der Waals surface area (Å²) in [5, 5.41) is 0. The second-order valence-corrected chi connectivity index (χ2v) is 5.73. The zero-order valence-electron chi connectivity index (χ0n) is 10.3. The number of carbonyl (C=O) groups is 1. The zero-order chi connectivity index (χ0) is 12.7. The molecular weight excluding hydrogens is 298 g/mol. The van der Waals surface area contributed by atoms with Crippen molar-refractivity contribution in [3.63, 3.8) is 0 Å². The molecule has 0 heterocycles. The average Bonchev–Trinajstić information content (AvgIpc) is 2.36. The number of rotatable bonds is 7. The highest BCUT2D eigenvalue weighted by Gasteiger charge is 2.04. The van der Waals surface area contributed by atoms with Gasteiger partial charge in [-0.1, -0.05) is 29.8 Å². The van der Waals surface area contributed by atoms with Crippen LogP contribution in [0.4, 0.5) is 0 Å². The number of hydrogen-bond acceptors (Lipinski definition) is 3. The second kappa shape index (κ2) is 7.90. The van der Waals surface area contributed by atoms with Crippen LogP contribution in [0.25, 0.3) is 0 Å². The van der Waals surface area contributed by atoms with Gasteiger partial charge in [-0.05, 0) is 31.3 Å². The molecule has 17 heavy (non-hydrogen) atoms. The molecule has 0 aliphatic heterocycles. The van der Waals surface area contributed by atoms with Crippen molar-refractivity contribution in [2.24, 2.45) is 0 Å². The molecule has 0 aromatic heterocycles. The first-order valence-electron chi connectivity index (χ1n) is 5.81. The monoisotopic (exact) mass is 315 g/mol. The van der Waals surface area contributed by atoms with E-state index in [1.165, 1.54) is 0 Å². The van der Waals surface area contributed by atoms with Crippen molar-refractivity contribution in [2.45, 2.75) is 18.7 Å². The highest BCUT2D eigenvalue weighted by molar-refractivity contribution is 9.10. The predicted octanol–water partition coefficient (Wildman–Crippen LogP) is 3.70. The van der Waals surface area contributed by atoms with E-state index in [2.05, 4.69) is 34.7 Å². The van der Waals surface area contributed by atoms with E-state index >= 15 is 0 Å². The van der Waals surface area contributed by atoms with Crippen LogP contribution in [0.15, 0.2) is 27.6 Å². The molecule has 4 heteroatoms. The molecule has 0 saturated carbocycles. The van der Waals surface area contributed by atoms with Gasteiger partial charge in [-0.3, -0.25) is 4.79 Å². The van der Waals surface area contributed by atoms with Crippen LogP contribution in [0, 0.1) is 0 Å². The number of hydrogen-bond donors (Lipinski definition) is 0. The van der Waals surface area contributed by atoms with Crippen molar-refractivity contribution in [1.82, 2.24) is 4.90 Å². The molecule has 1 aromatic rings. The standard InChI is InChI=1S/C13H18BrNOS/c1-3-15(4-2)7-8-17-13-6-5-12(14)9-11(13)10-16/h5-6,9-10H,3-4,7-8H2,1-2H3. The summed E-state index contributed by atoms with van der Waals surface area (Å²) >= 11 is 5.12. The summed E-state index contributed by atoms with van der Waals surface area (Å²) in [6.07, 6.45) is 0.921. The van der Waals surface area contributed by atoms with E-state index in [4.69, 9.17) is 0 Å². The summed E-state index contributed by atoms with van der Waals surface area (Å²) in [5.74, 6) is 1.02. The third-order valence-electron chi connectivity index (χ3n) is 2.66. The summed E-state index contributed by atoms with van der Waals surface area (Å²) in [6, 6.07) is 5.85. The molecule has 2 nitrogen and oxygen atoms in total. The SMILES string of the molecule is CCN(CC)CCSc1ccc(Br)cc1C=O. The largest absolute Gasteiger partial charge is 0.303 e. The number of thioether (sulfide) groups is 1. The molecule has 0 aliphatic rings. The molecular formula is C13H18BrNOS. The van der Waals surface area contributed by atoms with Gasteiger partial charge in [0.05, 0.1) is 0 Å². The quantitative estimate of drug-likeness (QED) is 0.565. The maximum Gasteiger partial charge on any atom is 0.151 e. The van der Waals surface area contributed by atoms with Gasteiger partial charge in [0.15, 0.2) is 6.29 Å². The zero-order valence-corrected chi connectivity index (χ0v) is 12.7. The number of halogens is 1. The van der Waals surface area contributed by atoms with Crippen molar-refractivity contribution < 1.29 is 4.79 Å². The van der Waals surface area contributed by atoms with Crippen molar-refractivity contribution in [1.29, 1.82) is 0 Å². The van der Waals surface area contributed by atoms with E-state index in [0.717, 1.165) is 46.6 Å². The second-order valence-electron chi connectivity index (χ2n) is 3.68. The van der Waals surface area contributed by atoms with Crippen LogP contribution >= 0.6 is 27.7 Å². The summed E-state index contributed by atoms with van der Waals surface area (Å²) in [7, 11) is 0. The lowest BCUT2D eigenvalue weighted by molar-refractivity contribution is 0.112. The van der Waals surface area contributed by atoms with Crippen molar-refractivity contribution in [3.05, 3.63) is 28.2 Å². The highest BCUT2D eigenvalue weighted by atomic mass is 79.9. The Morgan fingerprint density at radius 3 is 2.65 bits per heavy atom. The van der Waals surface area contributed by atoms with Crippen LogP contribution < -0.4 is 0 Å². The number of carbonyl (C=O) groups excluding carboxylic acids is 1. The van der Waals surface area contributed by atoms with Gasteiger partial charge in [-0.25, -0.2) is 0 Å². The fourth-order valence-corrected chi connectivity index (χ4v) is 2.95. The molecule has 0 radical (unpaired) electrons. The fourth-order valence-electron chi connectivity index (χ4n) is 1.57. The van der Waals surface area contributed by atoms with Crippen LogP contribution in [-0.2, 0) is 0 Å². The lowest BCUT2D eigenvalue weighted by atomic mass is 10.2. The maximum atomic E-state index is 10.9. The molecule has 0 atom stereocenters. The summed E-state index contributed by atoms with van der Waals surface area (Å²) < 4.78 is 0.952. The Morgan fingerprint density at radius 2 is 2.06 bits per heavy atom. The lowest BCUT2D eigenvalue weighted by Gasteiger charge is -2.17. The molecule has 0 spiro atoms. The molecule has 0 N–H and O–H groups in total. The molecule has 0 aliphatic carbocycles. The van der Waals surface area contributed by atoms with Crippen molar-refractivity contribution in [2.75, 3.05) is 25.4 Å². The minimum atomic E-state index is 0.768. The van der Waals surface area contributed by atoms with Gasteiger partial charge in [-0.2, -0.15) is 0 Å². The van der Waals surface area contributed by atoms with Crippen molar-refractivity contribution >= 4 is 34.0 Å². The van der Waals surface area contributed by atoms with Gasteiger partial charge < -0.3 is 4.90 Å². The van der Waals surface area contributed by atoms with E-state index in [9.17, 15) is 4.79 Å². The van der Waals surface area contributed by atoms with Gasteiger partial charge in [0.2, 0.25) is 0 Å². The van der Waals surface area contributed by atoms with Crippen molar-refractivity contribution in [3.8, 4) is 0 Å². The molecule has 94 valence electrons. The van der Waals surface area contributed by atoms with Crippen LogP contribution in [-0.4, -0.2) is 36.6 Å². The number of aldehydes is 1. The first-order chi connectivity index (χ1) is 8.21. The van der Waals surface area contributed by atoms with Crippen LogP contribution in [0.2, 0.25) is 0 Å².